The molecule has 2 aromatic heterocycles. The second-order valence-electron chi connectivity index (χ2n) is 7.10. The zero-order valence-electron chi connectivity index (χ0n) is 14.7. The molecule has 0 spiro atoms. The van der Waals surface area contributed by atoms with Crippen LogP contribution < -0.4 is 5.56 Å². The largest absolute Gasteiger partial charge is 0.443 e. The first-order chi connectivity index (χ1) is 10.6. The van der Waals surface area contributed by atoms with Crippen LogP contribution in [0.15, 0.2) is 17.1 Å². The van der Waals surface area contributed by atoms with Crippen molar-refractivity contribution >= 4 is 17.1 Å². The zero-order chi connectivity index (χ0) is 17.4. The van der Waals surface area contributed by atoms with Crippen molar-refractivity contribution in [3.05, 3.63) is 28.4 Å². The number of aryl methyl sites for hydroxylation is 1. The molecule has 0 unspecified atom stereocenters. The van der Waals surface area contributed by atoms with Crippen molar-refractivity contribution in [2.75, 3.05) is 0 Å². The molecule has 6 heteroatoms. The number of aromatic nitrogens is 3. The van der Waals surface area contributed by atoms with Crippen molar-refractivity contribution in [3.63, 3.8) is 0 Å². The van der Waals surface area contributed by atoms with Gasteiger partial charge in [-0.1, -0.05) is 20.8 Å². The topological polar surface area (TPSA) is 66.1 Å². The maximum Gasteiger partial charge on any atom is 0.420 e. The number of carbonyl (C=O) groups excluding carboxylic acids is 1. The highest BCUT2D eigenvalue weighted by Gasteiger charge is 2.23. The van der Waals surface area contributed by atoms with Crippen molar-refractivity contribution in [2.24, 2.45) is 5.92 Å². The summed E-state index contributed by atoms with van der Waals surface area (Å²) in [6, 6.07) is 1.76. The van der Waals surface area contributed by atoms with Gasteiger partial charge in [-0.15, -0.1) is 0 Å². The van der Waals surface area contributed by atoms with Gasteiger partial charge in [-0.05, 0) is 32.8 Å². The highest BCUT2D eigenvalue weighted by Crippen LogP contribution is 2.17. The number of rotatable bonds is 3. The van der Waals surface area contributed by atoms with E-state index < -0.39 is 11.7 Å². The van der Waals surface area contributed by atoms with Crippen LogP contribution >= 0.6 is 0 Å². The quantitative estimate of drug-likeness (QED) is 0.871. The minimum atomic E-state index is -0.606. The summed E-state index contributed by atoms with van der Waals surface area (Å²) in [5, 5.41) is 0. The average Bonchev–Trinajstić information content (AvgIpc) is 2.79. The van der Waals surface area contributed by atoms with E-state index >= 15 is 0 Å². The molecule has 0 fully saturated rings. The van der Waals surface area contributed by atoms with Gasteiger partial charge in [0.25, 0.3) is 5.56 Å². The number of nitrogens with zero attached hydrogens (tertiary/aromatic N) is 3. The first kappa shape index (κ1) is 17.2. The average molecular weight is 319 g/mol. The fourth-order valence-corrected chi connectivity index (χ4v) is 2.44. The fraction of sp³-hybridized carbons (Fsp3) is 0.588. The van der Waals surface area contributed by atoms with E-state index in [1.54, 1.807) is 16.8 Å². The number of imidazole rings is 1. The molecule has 0 aliphatic heterocycles. The van der Waals surface area contributed by atoms with Crippen molar-refractivity contribution < 1.29 is 9.53 Å². The number of carbonyl (C=O) groups is 1. The Kier molecular flexibility index (Phi) is 4.63. The van der Waals surface area contributed by atoms with Gasteiger partial charge in [-0.2, -0.15) is 0 Å². The molecule has 0 aliphatic rings. The third-order valence-electron chi connectivity index (χ3n) is 3.31. The molecule has 0 N–H and O–H groups in total. The molecule has 2 rings (SSSR count). The molecular weight excluding hydrogens is 294 g/mol. The van der Waals surface area contributed by atoms with Gasteiger partial charge in [-0.25, -0.2) is 14.3 Å². The van der Waals surface area contributed by atoms with E-state index in [1.807, 2.05) is 41.5 Å². The first-order valence-corrected chi connectivity index (χ1v) is 7.98. The van der Waals surface area contributed by atoms with Crippen molar-refractivity contribution in [2.45, 2.75) is 60.1 Å². The van der Waals surface area contributed by atoms with E-state index in [0.29, 0.717) is 35.7 Å². The number of ether oxygens (including phenoxy) is 1. The second-order valence-corrected chi connectivity index (χ2v) is 7.10. The van der Waals surface area contributed by atoms with Crippen LogP contribution in [-0.2, 0) is 17.7 Å². The molecule has 2 heterocycles. The van der Waals surface area contributed by atoms with Crippen molar-refractivity contribution in [1.82, 2.24) is 14.1 Å². The molecule has 6 nitrogen and oxygen atoms in total. The minimum absolute atomic E-state index is 0.173. The Morgan fingerprint density at radius 3 is 2.52 bits per heavy atom. The van der Waals surface area contributed by atoms with Gasteiger partial charge >= 0.3 is 6.09 Å². The monoisotopic (exact) mass is 319 g/mol. The molecule has 23 heavy (non-hydrogen) atoms. The van der Waals surface area contributed by atoms with Crippen LogP contribution in [-0.4, -0.2) is 25.8 Å². The van der Waals surface area contributed by atoms with Crippen LogP contribution in [0.25, 0.3) is 11.0 Å². The number of fused-ring (bicyclic) bond motifs is 1. The summed E-state index contributed by atoms with van der Waals surface area (Å²) in [7, 11) is 0. The lowest BCUT2D eigenvalue weighted by Gasteiger charge is -2.20. The molecular formula is C17H25N3O3. The van der Waals surface area contributed by atoms with E-state index in [4.69, 9.17) is 4.74 Å². The van der Waals surface area contributed by atoms with E-state index in [9.17, 15) is 9.59 Å². The van der Waals surface area contributed by atoms with Crippen molar-refractivity contribution in [1.29, 1.82) is 0 Å². The molecule has 2 aromatic rings. The Morgan fingerprint density at radius 1 is 1.35 bits per heavy atom. The predicted molar refractivity (Wildman–Crippen MR) is 89.8 cm³/mol. The fourth-order valence-electron chi connectivity index (χ4n) is 2.44. The van der Waals surface area contributed by atoms with Crippen LogP contribution in [0.5, 0.6) is 0 Å². The summed E-state index contributed by atoms with van der Waals surface area (Å²) in [6.45, 7) is 12.0. The highest BCUT2D eigenvalue weighted by atomic mass is 16.6. The SMILES string of the molecule is CCc1nc2c(=O)n(CC(C)C)ccc2n1C(=O)OC(C)(C)C. The summed E-state index contributed by atoms with van der Waals surface area (Å²) < 4.78 is 8.48. The highest BCUT2D eigenvalue weighted by molar-refractivity contribution is 5.87. The third-order valence-corrected chi connectivity index (χ3v) is 3.31. The Balaban J connectivity index is 2.60. The molecule has 0 aromatic carbocycles. The molecule has 0 bridgehead atoms. The smallest absolute Gasteiger partial charge is 0.420 e. The molecule has 0 amide bonds. The first-order valence-electron chi connectivity index (χ1n) is 7.98. The van der Waals surface area contributed by atoms with Crippen LogP contribution in [0, 0.1) is 5.92 Å². The van der Waals surface area contributed by atoms with Crippen LogP contribution in [0.1, 0.15) is 47.4 Å². The summed E-state index contributed by atoms with van der Waals surface area (Å²) >= 11 is 0. The Morgan fingerprint density at radius 2 is 2.00 bits per heavy atom. The van der Waals surface area contributed by atoms with Gasteiger partial charge in [0.15, 0.2) is 5.52 Å². The summed E-state index contributed by atoms with van der Waals surface area (Å²) in [5.41, 5.74) is 0.0378. The van der Waals surface area contributed by atoms with Crippen LogP contribution in [0.3, 0.4) is 0 Å². The lowest BCUT2D eigenvalue weighted by molar-refractivity contribution is 0.0539. The third kappa shape index (κ3) is 3.63. The van der Waals surface area contributed by atoms with E-state index in [1.165, 1.54) is 4.57 Å². The van der Waals surface area contributed by atoms with Gasteiger partial charge in [0.05, 0.1) is 5.52 Å². The second kappa shape index (κ2) is 6.18. The number of pyridine rings is 1. The minimum Gasteiger partial charge on any atom is -0.443 e. The van der Waals surface area contributed by atoms with Gasteiger partial charge in [0.1, 0.15) is 11.4 Å². The normalized spacial score (nSPS) is 12.1. The predicted octanol–water partition coefficient (Wildman–Crippen LogP) is 3.20. The summed E-state index contributed by atoms with van der Waals surface area (Å²) in [4.78, 5) is 29.4. The van der Waals surface area contributed by atoms with Gasteiger partial charge < -0.3 is 9.30 Å². The molecule has 0 aliphatic carbocycles. The van der Waals surface area contributed by atoms with Crippen LogP contribution in [0.2, 0.25) is 0 Å². The van der Waals surface area contributed by atoms with Gasteiger partial charge in [0.2, 0.25) is 0 Å². The summed E-state index contributed by atoms with van der Waals surface area (Å²) in [6.07, 6.45) is 1.75. The molecule has 0 atom stereocenters. The van der Waals surface area contributed by atoms with E-state index in [-0.39, 0.29) is 5.56 Å². The molecule has 0 radical (unpaired) electrons. The lowest BCUT2D eigenvalue weighted by atomic mass is 10.2. The Labute approximate surface area is 136 Å². The summed E-state index contributed by atoms with van der Waals surface area (Å²) in [5.74, 6) is 0.886. The van der Waals surface area contributed by atoms with Gasteiger partial charge in [-0.3, -0.25) is 4.79 Å². The van der Waals surface area contributed by atoms with E-state index in [0.717, 1.165) is 0 Å². The van der Waals surface area contributed by atoms with Gasteiger partial charge in [0, 0.05) is 19.2 Å². The Bertz CT molecular complexity index is 779. The number of hydrogen-bond acceptors (Lipinski definition) is 4. The van der Waals surface area contributed by atoms with Crippen molar-refractivity contribution in [3.8, 4) is 0 Å². The Hall–Kier alpha value is -2.11. The molecule has 126 valence electrons. The molecule has 0 saturated heterocycles. The zero-order valence-corrected chi connectivity index (χ0v) is 14.7. The number of hydrogen-bond donors (Lipinski definition) is 0. The maximum atomic E-state index is 12.6. The standard InChI is InChI=1S/C17H25N3O3/c1-7-13-18-14-12(20(13)16(22)23-17(4,5)6)8-9-19(15(14)21)10-11(2)3/h8-9,11H,7,10H2,1-6H3. The van der Waals surface area contributed by atoms with Crippen LogP contribution in [0.4, 0.5) is 4.79 Å². The van der Waals surface area contributed by atoms with E-state index in [2.05, 4.69) is 4.98 Å². The molecule has 0 saturated carbocycles. The lowest BCUT2D eigenvalue weighted by Crippen LogP contribution is -2.28. The maximum absolute atomic E-state index is 12.6.